The van der Waals surface area contributed by atoms with Crippen molar-refractivity contribution in [1.82, 2.24) is 4.98 Å². The summed E-state index contributed by atoms with van der Waals surface area (Å²) in [5, 5.41) is 1.84. The quantitative estimate of drug-likeness (QED) is 0.522. The van der Waals surface area contributed by atoms with Crippen LogP contribution in [0.5, 0.6) is 0 Å². The van der Waals surface area contributed by atoms with Gasteiger partial charge in [-0.2, -0.15) is 0 Å². The van der Waals surface area contributed by atoms with Crippen LogP contribution in [0, 0.1) is 0 Å². The van der Waals surface area contributed by atoms with Gasteiger partial charge in [-0.3, -0.25) is 0 Å². The maximum absolute atomic E-state index is 6.06. The van der Waals surface area contributed by atoms with Crippen molar-refractivity contribution < 1.29 is 0 Å². The van der Waals surface area contributed by atoms with Crippen molar-refractivity contribution in [3.63, 3.8) is 0 Å². The van der Waals surface area contributed by atoms with Crippen molar-refractivity contribution in [2.24, 2.45) is 0 Å². The molecule has 22 heavy (non-hydrogen) atoms. The smallest absolute Gasteiger partial charge is 0.103 e. The number of halogens is 1. The molecule has 0 aliphatic carbocycles. The van der Waals surface area contributed by atoms with E-state index in [1.165, 1.54) is 10.3 Å². The first-order valence-corrected chi connectivity index (χ1v) is 8.54. The van der Waals surface area contributed by atoms with E-state index in [0.717, 1.165) is 28.4 Å². The summed E-state index contributed by atoms with van der Waals surface area (Å²) in [6.07, 6.45) is 4.03. The molecule has 0 aliphatic rings. The standard InChI is InChI=1S/C19H18ClNS/c1-3-19(2,12-11-14-7-5-4-6-8-14)18-21-16-13-15(20)9-10-17(16)22-18/h3-10,13H,1,11-12H2,2H3/t19-/m0/s1. The number of benzene rings is 2. The fraction of sp³-hybridized carbons (Fsp3) is 0.211. The van der Waals surface area contributed by atoms with Gasteiger partial charge in [0.25, 0.3) is 0 Å². The Hall–Kier alpha value is -1.64. The van der Waals surface area contributed by atoms with E-state index in [1.807, 2.05) is 30.3 Å². The third kappa shape index (κ3) is 3.08. The average Bonchev–Trinajstić information content (AvgIpc) is 2.97. The molecule has 0 spiro atoms. The minimum Gasteiger partial charge on any atom is -0.240 e. The van der Waals surface area contributed by atoms with E-state index in [-0.39, 0.29) is 5.41 Å². The Morgan fingerprint density at radius 2 is 2.00 bits per heavy atom. The number of fused-ring (bicyclic) bond motifs is 1. The molecule has 3 rings (SSSR count). The number of rotatable bonds is 5. The Labute approximate surface area is 140 Å². The van der Waals surface area contributed by atoms with E-state index < -0.39 is 0 Å². The summed E-state index contributed by atoms with van der Waals surface area (Å²) in [6, 6.07) is 16.4. The Morgan fingerprint density at radius 1 is 1.23 bits per heavy atom. The van der Waals surface area contributed by atoms with Crippen LogP contribution in [0.15, 0.2) is 61.2 Å². The summed E-state index contributed by atoms with van der Waals surface area (Å²) >= 11 is 7.79. The zero-order chi connectivity index (χ0) is 15.6. The number of hydrogen-bond donors (Lipinski definition) is 0. The van der Waals surface area contributed by atoms with Gasteiger partial charge in [-0.25, -0.2) is 4.98 Å². The van der Waals surface area contributed by atoms with Gasteiger partial charge >= 0.3 is 0 Å². The second-order valence-corrected chi connectivity index (χ2v) is 7.21. The summed E-state index contributed by atoms with van der Waals surface area (Å²) < 4.78 is 1.17. The predicted octanol–water partition coefficient (Wildman–Crippen LogP) is 6.03. The minimum absolute atomic E-state index is 0.119. The summed E-state index contributed by atoms with van der Waals surface area (Å²) in [7, 11) is 0. The van der Waals surface area contributed by atoms with E-state index in [9.17, 15) is 0 Å². The van der Waals surface area contributed by atoms with Gasteiger partial charge in [-0.05, 0) is 43.5 Å². The number of allylic oxidation sites excluding steroid dienone is 1. The molecular weight excluding hydrogens is 310 g/mol. The summed E-state index contributed by atoms with van der Waals surface area (Å²) in [5.74, 6) is 0. The van der Waals surface area contributed by atoms with Crippen LogP contribution in [0.3, 0.4) is 0 Å². The van der Waals surface area contributed by atoms with Gasteiger partial charge in [0, 0.05) is 10.4 Å². The van der Waals surface area contributed by atoms with Crippen LogP contribution in [-0.2, 0) is 11.8 Å². The van der Waals surface area contributed by atoms with Gasteiger partial charge in [-0.1, -0.05) is 48.0 Å². The molecule has 0 radical (unpaired) electrons. The second-order valence-electron chi connectivity index (χ2n) is 5.74. The fourth-order valence-corrected chi connectivity index (χ4v) is 3.77. The average molecular weight is 328 g/mol. The topological polar surface area (TPSA) is 12.9 Å². The fourth-order valence-electron chi connectivity index (χ4n) is 2.49. The van der Waals surface area contributed by atoms with Crippen molar-refractivity contribution in [2.45, 2.75) is 25.2 Å². The first-order valence-electron chi connectivity index (χ1n) is 7.35. The van der Waals surface area contributed by atoms with E-state index in [0.29, 0.717) is 0 Å². The molecule has 0 fully saturated rings. The van der Waals surface area contributed by atoms with Crippen LogP contribution >= 0.6 is 22.9 Å². The second kappa shape index (κ2) is 6.23. The molecule has 1 heterocycles. The lowest BCUT2D eigenvalue weighted by Crippen LogP contribution is -2.19. The molecule has 0 saturated heterocycles. The monoisotopic (exact) mass is 327 g/mol. The number of aromatic nitrogens is 1. The highest BCUT2D eigenvalue weighted by molar-refractivity contribution is 7.18. The van der Waals surface area contributed by atoms with Crippen LogP contribution in [0.4, 0.5) is 0 Å². The van der Waals surface area contributed by atoms with Gasteiger partial charge in [-0.15, -0.1) is 17.9 Å². The van der Waals surface area contributed by atoms with Crippen LogP contribution in [0.25, 0.3) is 10.2 Å². The summed E-state index contributed by atoms with van der Waals surface area (Å²) in [4.78, 5) is 4.79. The highest BCUT2D eigenvalue weighted by Gasteiger charge is 2.26. The predicted molar refractivity (Wildman–Crippen MR) is 96.9 cm³/mol. The van der Waals surface area contributed by atoms with Gasteiger partial charge in [0.05, 0.1) is 10.2 Å². The number of thiazole rings is 1. The lowest BCUT2D eigenvalue weighted by Gasteiger charge is -2.23. The maximum atomic E-state index is 6.06. The van der Waals surface area contributed by atoms with Gasteiger partial charge < -0.3 is 0 Å². The molecule has 112 valence electrons. The minimum atomic E-state index is -0.119. The van der Waals surface area contributed by atoms with E-state index in [2.05, 4.69) is 37.8 Å². The molecule has 3 aromatic rings. The lowest BCUT2D eigenvalue weighted by atomic mass is 9.85. The van der Waals surface area contributed by atoms with E-state index in [1.54, 1.807) is 11.3 Å². The molecule has 2 aromatic carbocycles. The largest absolute Gasteiger partial charge is 0.240 e. The first-order chi connectivity index (χ1) is 10.6. The number of nitrogens with zero attached hydrogens (tertiary/aromatic N) is 1. The van der Waals surface area contributed by atoms with Crippen LogP contribution in [-0.4, -0.2) is 4.98 Å². The van der Waals surface area contributed by atoms with Crippen molar-refractivity contribution in [1.29, 1.82) is 0 Å². The molecule has 3 heteroatoms. The molecule has 0 aliphatic heterocycles. The van der Waals surface area contributed by atoms with Crippen LogP contribution in [0.2, 0.25) is 5.02 Å². The first kappa shape index (κ1) is 15.3. The SMILES string of the molecule is C=C[C@@](C)(CCc1ccccc1)c1nc2cc(Cl)ccc2s1. The Bertz CT molecular complexity index is 794. The third-order valence-corrected chi connectivity index (χ3v) is 5.62. The lowest BCUT2D eigenvalue weighted by molar-refractivity contribution is 0.538. The highest BCUT2D eigenvalue weighted by Crippen LogP contribution is 2.36. The van der Waals surface area contributed by atoms with Crippen molar-refractivity contribution in [3.05, 3.63) is 76.8 Å². The Kier molecular flexibility index (Phi) is 4.32. The van der Waals surface area contributed by atoms with Gasteiger partial charge in [0.1, 0.15) is 5.01 Å². The van der Waals surface area contributed by atoms with Crippen molar-refractivity contribution in [3.8, 4) is 0 Å². The van der Waals surface area contributed by atoms with E-state index >= 15 is 0 Å². The molecule has 0 amide bonds. The molecule has 0 unspecified atom stereocenters. The van der Waals surface area contributed by atoms with Gasteiger partial charge in [0.15, 0.2) is 0 Å². The molecule has 1 nitrogen and oxygen atoms in total. The maximum Gasteiger partial charge on any atom is 0.103 e. The van der Waals surface area contributed by atoms with Crippen LogP contribution in [0.1, 0.15) is 23.9 Å². The molecule has 0 bridgehead atoms. The van der Waals surface area contributed by atoms with E-state index in [4.69, 9.17) is 16.6 Å². The zero-order valence-electron chi connectivity index (χ0n) is 12.6. The normalized spacial score (nSPS) is 13.9. The third-order valence-electron chi connectivity index (χ3n) is 4.06. The Morgan fingerprint density at radius 3 is 2.73 bits per heavy atom. The summed E-state index contributed by atoms with van der Waals surface area (Å²) in [6.45, 7) is 6.26. The molecule has 1 atom stereocenters. The van der Waals surface area contributed by atoms with Crippen molar-refractivity contribution >= 4 is 33.2 Å². The summed E-state index contributed by atoms with van der Waals surface area (Å²) in [5.41, 5.74) is 2.20. The zero-order valence-corrected chi connectivity index (χ0v) is 14.1. The highest BCUT2D eigenvalue weighted by atomic mass is 35.5. The molecule has 0 N–H and O–H groups in total. The molecule has 0 saturated carbocycles. The number of hydrogen-bond acceptors (Lipinski definition) is 2. The molecular formula is C19H18ClNS. The van der Waals surface area contributed by atoms with Crippen molar-refractivity contribution in [2.75, 3.05) is 0 Å². The number of aryl methyl sites for hydroxylation is 1. The van der Waals surface area contributed by atoms with Gasteiger partial charge in [0.2, 0.25) is 0 Å². The van der Waals surface area contributed by atoms with Crippen LogP contribution < -0.4 is 0 Å². The molecule has 1 aromatic heterocycles. The Balaban J connectivity index is 1.88.